The molecule has 35 heavy (non-hydrogen) atoms. The summed E-state index contributed by atoms with van der Waals surface area (Å²) >= 11 is 1.07. The number of ether oxygens (including phenoxy) is 1. The highest BCUT2D eigenvalue weighted by Crippen LogP contribution is 2.33. The van der Waals surface area contributed by atoms with Gasteiger partial charge in [-0.2, -0.15) is 17.5 Å². The van der Waals surface area contributed by atoms with Gasteiger partial charge in [0.2, 0.25) is 0 Å². The van der Waals surface area contributed by atoms with Crippen LogP contribution in [0.25, 0.3) is 10.4 Å². The normalized spacial score (nSPS) is 12.4. The number of hydrogen-bond acceptors (Lipinski definition) is 8. The Kier molecular flexibility index (Phi) is 8.23. The molecule has 0 spiro atoms. The summed E-state index contributed by atoms with van der Waals surface area (Å²) in [4.78, 5) is 23.1. The van der Waals surface area contributed by atoms with E-state index in [1.54, 1.807) is 31.2 Å². The van der Waals surface area contributed by atoms with Crippen LogP contribution in [0.3, 0.4) is 0 Å². The van der Waals surface area contributed by atoms with Gasteiger partial charge in [-0.15, -0.1) is 0 Å². The summed E-state index contributed by atoms with van der Waals surface area (Å²) in [6.45, 7) is 3.54. The summed E-state index contributed by atoms with van der Waals surface area (Å²) in [6, 6.07) is 12.0. The number of halogens is 3. The number of aryl methyl sites for hydroxylation is 1. The van der Waals surface area contributed by atoms with E-state index in [1.165, 1.54) is 20.3 Å². The zero-order valence-electron chi connectivity index (χ0n) is 19.3. The smallest absolute Gasteiger partial charge is 0.416 e. The molecular weight excluding hydrogens is 483 g/mol. The van der Waals surface area contributed by atoms with E-state index < -0.39 is 17.7 Å². The van der Waals surface area contributed by atoms with Crippen LogP contribution in [0.15, 0.2) is 58.8 Å². The van der Waals surface area contributed by atoms with Gasteiger partial charge < -0.3 is 14.4 Å². The molecule has 11 heteroatoms. The maximum Gasteiger partial charge on any atom is 0.416 e. The molecular formula is C24H22F3N3O4S. The Bertz CT molecular complexity index is 1270. The third-order valence-electron chi connectivity index (χ3n) is 4.99. The standard InChI is InChI=1S/C24H22F3N3O4S/c1-14-7-5-10-18(22(29-33-4)23(31)32-3)19(14)13-34-28-15(2)20-12-21(35-30-20)16-8-6-9-17(11-16)24(25,26)27/h5-12H,13H2,1-4H3/b28-15+,29-22+. The van der Waals surface area contributed by atoms with Gasteiger partial charge >= 0.3 is 12.1 Å². The Labute approximate surface area is 204 Å². The van der Waals surface area contributed by atoms with Crippen molar-refractivity contribution in [2.45, 2.75) is 26.6 Å². The van der Waals surface area contributed by atoms with Gasteiger partial charge in [-0.1, -0.05) is 40.6 Å². The van der Waals surface area contributed by atoms with E-state index in [0.29, 0.717) is 33.0 Å². The molecule has 0 saturated heterocycles. The van der Waals surface area contributed by atoms with Crippen LogP contribution in [-0.4, -0.2) is 36.0 Å². The lowest BCUT2D eigenvalue weighted by Gasteiger charge is -2.12. The minimum atomic E-state index is -4.43. The average molecular weight is 506 g/mol. The molecule has 3 aromatic rings. The quantitative estimate of drug-likeness (QED) is 0.226. The molecule has 0 aliphatic carbocycles. The van der Waals surface area contributed by atoms with Crippen LogP contribution in [0.1, 0.15) is 34.9 Å². The Morgan fingerprint density at radius 3 is 2.51 bits per heavy atom. The number of benzene rings is 2. The van der Waals surface area contributed by atoms with Crippen molar-refractivity contribution in [2.75, 3.05) is 14.2 Å². The van der Waals surface area contributed by atoms with E-state index in [1.807, 2.05) is 13.0 Å². The lowest BCUT2D eigenvalue weighted by Crippen LogP contribution is -2.20. The Hall–Kier alpha value is -3.73. The molecule has 0 fully saturated rings. The summed E-state index contributed by atoms with van der Waals surface area (Å²) in [5.74, 6) is -0.664. The number of carbonyl (C=O) groups excluding carboxylic acids is 1. The minimum Gasteiger partial charge on any atom is -0.464 e. The zero-order chi connectivity index (χ0) is 25.6. The van der Waals surface area contributed by atoms with E-state index in [0.717, 1.165) is 29.2 Å². The van der Waals surface area contributed by atoms with Crippen LogP contribution >= 0.6 is 11.5 Å². The molecule has 2 aromatic carbocycles. The average Bonchev–Trinajstić information content (AvgIpc) is 3.33. The Morgan fingerprint density at radius 2 is 1.83 bits per heavy atom. The van der Waals surface area contributed by atoms with Gasteiger partial charge in [0.1, 0.15) is 25.1 Å². The number of methoxy groups -OCH3 is 1. The topological polar surface area (TPSA) is 82.4 Å². The maximum atomic E-state index is 13.0. The van der Waals surface area contributed by atoms with Crippen molar-refractivity contribution in [3.05, 3.63) is 76.5 Å². The summed E-state index contributed by atoms with van der Waals surface area (Å²) in [5, 5.41) is 7.88. The second-order valence-corrected chi connectivity index (χ2v) is 8.13. The van der Waals surface area contributed by atoms with E-state index in [4.69, 9.17) is 14.4 Å². The van der Waals surface area contributed by atoms with E-state index in [-0.39, 0.29) is 12.3 Å². The van der Waals surface area contributed by atoms with Crippen LogP contribution in [0.5, 0.6) is 0 Å². The van der Waals surface area contributed by atoms with Gasteiger partial charge in [0.05, 0.1) is 17.6 Å². The second-order valence-electron chi connectivity index (χ2n) is 7.32. The molecule has 0 aliphatic heterocycles. The summed E-state index contributed by atoms with van der Waals surface area (Å²) in [6.07, 6.45) is -4.43. The molecule has 0 aliphatic rings. The van der Waals surface area contributed by atoms with Crippen LogP contribution in [0, 0.1) is 6.92 Å². The first-order valence-electron chi connectivity index (χ1n) is 10.2. The Morgan fingerprint density at radius 1 is 1.09 bits per heavy atom. The number of nitrogens with zero attached hydrogens (tertiary/aromatic N) is 3. The van der Waals surface area contributed by atoms with Gasteiger partial charge in [-0.25, -0.2) is 4.79 Å². The number of alkyl halides is 3. The zero-order valence-corrected chi connectivity index (χ0v) is 20.2. The van der Waals surface area contributed by atoms with E-state index in [2.05, 4.69) is 14.7 Å². The second kappa shape index (κ2) is 11.1. The Balaban J connectivity index is 1.80. The van der Waals surface area contributed by atoms with Crippen molar-refractivity contribution in [1.82, 2.24) is 4.37 Å². The molecule has 0 atom stereocenters. The van der Waals surface area contributed by atoms with Crippen molar-refractivity contribution in [3.63, 3.8) is 0 Å². The van der Waals surface area contributed by atoms with Crippen molar-refractivity contribution >= 4 is 28.9 Å². The first-order valence-corrected chi connectivity index (χ1v) is 11.0. The summed E-state index contributed by atoms with van der Waals surface area (Å²) in [7, 11) is 2.57. The molecule has 0 unspecified atom stereocenters. The lowest BCUT2D eigenvalue weighted by atomic mass is 9.99. The number of oxime groups is 2. The van der Waals surface area contributed by atoms with Crippen LogP contribution < -0.4 is 0 Å². The largest absolute Gasteiger partial charge is 0.464 e. The monoisotopic (exact) mass is 505 g/mol. The third-order valence-corrected chi connectivity index (χ3v) is 5.83. The lowest BCUT2D eigenvalue weighted by molar-refractivity contribution is -0.137. The number of carbonyl (C=O) groups is 1. The molecule has 3 rings (SSSR count). The van der Waals surface area contributed by atoms with Crippen LogP contribution in [0.4, 0.5) is 13.2 Å². The molecule has 1 aromatic heterocycles. The van der Waals surface area contributed by atoms with Crippen molar-refractivity contribution in [3.8, 4) is 10.4 Å². The van der Waals surface area contributed by atoms with E-state index in [9.17, 15) is 18.0 Å². The molecule has 184 valence electrons. The number of esters is 1. The highest BCUT2D eigenvalue weighted by atomic mass is 32.1. The number of rotatable bonds is 8. The molecule has 0 saturated carbocycles. The highest BCUT2D eigenvalue weighted by Gasteiger charge is 2.30. The third kappa shape index (κ3) is 6.24. The predicted octanol–water partition coefficient (Wildman–Crippen LogP) is 5.60. The first-order chi connectivity index (χ1) is 16.7. The molecule has 7 nitrogen and oxygen atoms in total. The minimum absolute atomic E-state index is 0.0109. The fourth-order valence-electron chi connectivity index (χ4n) is 3.17. The van der Waals surface area contributed by atoms with Crippen molar-refractivity contribution in [2.24, 2.45) is 10.3 Å². The van der Waals surface area contributed by atoms with Crippen LogP contribution in [-0.2, 0) is 32.0 Å². The number of aromatic nitrogens is 1. The van der Waals surface area contributed by atoms with Gasteiger partial charge in [-0.3, -0.25) is 0 Å². The maximum absolute atomic E-state index is 13.0. The fourth-order valence-corrected chi connectivity index (χ4v) is 3.95. The van der Waals surface area contributed by atoms with E-state index >= 15 is 0 Å². The highest BCUT2D eigenvalue weighted by molar-refractivity contribution is 7.09. The summed E-state index contributed by atoms with van der Waals surface area (Å²) in [5.41, 5.74) is 2.56. The SMILES string of the molecule is CO/N=C(/C(=O)OC)c1cccc(C)c1CO/N=C(\C)c1cc(-c2cccc(C(F)(F)F)c2)sn1. The molecule has 1 heterocycles. The first kappa shape index (κ1) is 25.9. The fraction of sp³-hybridized carbons (Fsp3) is 0.250. The van der Waals surface area contributed by atoms with Crippen molar-refractivity contribution < 1.29 is 32.4 Å². The summed E-state index contributed by atoms with van der Waals surface area (Å²) < 4.78 is 48.1. The van der Waals surface area contributed by atoms with Gasteiger partial charge in [0.15, 0.2) is 5.71 Å². The molecule has 0 radical (unpaired) electrons. The molecule has 0 bridgehead atoms. The van der Waals surface area contributed by atoms with Gasteiger partial charge in [0.25, 0.3) is 0 Å². The molecule has 0 N–H and O–H groups in total. The van der Waals surface area contributed by atoms with Crippen LogP contribution in [0.2, 0.25) is 0 Å². The predicted molar refractivity (Wildman–Crippen MR) is 126 cm³/mol. The number of hydrogen-bond donors (Lipinski definition) is 0. The van der Waals surface area contributed by atoms with Gasteiger partial charge in [0, 0.05) is 11.1 Å². The molecule has 0 amide bonds. The van der Waals surface area contributed by atoms with Crippen molar-refractivity contribution in [1.29, 1.82) is 0 Å². The van der Waals surface area contributed by atoms with Gasteiger partial charge in [-0.05, 0) is 54.7 Å².